The Bertz CT molecular complexity index is 698. The van der Waals surface area contributed by atoms with Gasteiger partial charge in [0.2, 0.25) is 5.91 Å². The molecule has 2 N–H and O–H groups in total. The number of benzene rings is 1. The van der Waals surface area contributed by atoms with Gasteiger partial charge in [0.15, 0.2) is 5.82 Å². The number of nitrogens with one attached hydrogen (secondary N) is 2. The van der Waals surface area contributed by atoms with Crippen LogP contribution in [0.15, 0.2) is 40.9 Å². The summed E-state index contributed by atoms with van der Waals surface area (Å²) >= 11 is 0. The van der Waals surface area contributed by atoms with Crippen molar-refractivity contribution in [3.8, 4) is 0 Å². The van der Waals surface area contributed by atoms with Gasteiger partial charge in [-0.1, -0.05) is 62.2 Å². The van der Waals surface area contributed by atoms with Crippen LogP contribution in [0.3, 0.4) is 0 Å². The highest BCUT2D eigenvalue weighted by Gasteiger charge is 2.31. The Kier molecular flexibility index (Phi) is 5.53. The summed E-state index contributed by atoms with van der Waals surface area (Å²) in [6, 6.07) is 11.5. The van der Waals surface area contributed by atoms with E-state index in [2.05, 4.69) is 29.6 Å². The zero-order chi connectivity index (χ0) is 17.8. The van der Waals surface area contributed by atoms with Gasteiger partial charge in [-0.25, -0.2) is 0 Å². The average Bonchev–Trinajstić information content (AvgIpc) is 3.01. The quantitative estimate of drug-likeness (QED) is 0.860. The normalized spacial score (nSPS) is 24.7. The molecule has 0 saturated heterocycles. The molecule has 5 heteroatoms. The average molecular weight is 341 g/mol. The third-order valence-corrected chi connectivity index (χ3v) is 5.36. The fourth-order valence-electron chi connectivity index (χ4n) is 3.62. The van der Waals surface area contributed by atoms with Crippen molar-refractivity contribution in [2.75, 3.05) is 5.32 Å². The Labute approximate surface area is 149 Å². The first kappa shape index (κ1) is 17.7. The van der Waals surface area contributed by atoms with E-state index in [9.17, 15) is 4.79 Å². The predicted molar refractivity (Wildman–Crippen MR) is 98.2 cm³/mol. The van der Waals surface area contributed by atoms with E-state index in [4.69, 9.17) is 4.52 Å². The van der Waals surface area contributed by atoms with Gasteiger partial charge >= 0.3 is 0 Å². The van der Waals surface area contributed by atoms with Gasteiger partial charge in [-0.2, -0.15) is 0 Å². The maximum absolute atomic E-state index is 12.9. The van der Waals surface area contributed by atoms with Crippen LogP contribution in [0.2, 0.25) is 0 Å². The summed E-state index contributed by atoms with van der Waals surface area (Å²) < 4.78 is 5.05. The molecule has 0 bridgehead atoms. The summed E-state index contributed by atoms with van der Waals surface area (Å²) in [6.45, 7) is 6.39. The van der Waals surface area contributed by atoms with E-state index >= 15 is 0 Å². The Morgan fingerprint density at radius 1 is 1.24 bits per heavy atom. The SMILES string of the molecule is Cc1cc(NC(=O)[C@H](N[C@@H]2CCC[C@@H](C)[C@@H]2C)c2ccccc2)no1. The molecule has 1 amide bonds. The van der Waals surface area contributed by atoms with Gasteiger partial charge in [-0.3, -0.25) is 10.1 Å². The minimum Gasteiger partial charge on any atom is -0.360 e. The molecule has 1 saturated carbocycles. The van der Waals surface area contributed by atoms with Crippen LogP contribution < -0.4 is 10.6 Å². The first-order valence-electron chi connectivity index (χ1n) is 9.10. The van der Waals surface area contributed by atoms with Crippen molar-refractivity contribution in [3.63, 3.8) is 0 Å². The molecule has 1 aromatic heterocycles. The molecule has 2 aromatic rings. The summed E-state index contributed by atoms with van der Waals surface area (Å²) in [6.07, 6.45) is 3.57. The van der Waals surface area contributed by atoms with E-state index in [-0.39, 0.29) is 5.91 Å². The molecule has 0 unspecified atom stereocenters. The number of amides is 1. The highest BCUT2D eigenvalue weighted by molar-refractivity contribution is 5.94. The summed E-state index contributed by atoms with van der Waals surface area (Å²) in [7, 11) is 0. The largest absolute Gasteiger partial charge is 0.360 e. The lowest BCUT2D eigenvalue weighted by molar-refractivity contribution is -0.118. The summed E-state index contributed by atoms with van der Waals surface area (Å²) in [4.78, 5) is 12.9. The van der Waals surface area contributed by atoms with Crippen molar-refractivity contribution in [2.24, 2.45) is 11.8 Å². The number of anilines is 1. The Balaban J connectivity index is 1.78. The molecule has 3 rings (SSSR count). The molecule has 25 heavy (non-hydrogen) atoms. The van der Waals surface area contributed by atoms with Crippen LogP contribution in [-0.4, -0.2) is 17.1 Å². The minimum atomic E-state index is -0.407. The number of nitrogens with zero attached hydrogens (tertiary/aromatic N) is 1. The molecular weight excluding hydrogens is 314 g/mol. The van der Waals surface area contributed by atoms with Crippen molar-refractivity contribution < 1.29 is 9.32 Å². The number of carbonyl (C=O) groups is 1. The van der Waals surface area contributed by atoms with Gasteiger partial charge in [0.1, 0.15) is 11.8 Å². The van der Waals surface area contributed by atoms with Crippen LogP contribution in [0.1, 0.15) is 50.5 Å². The summed E-state index contributed by atoms with van der Waals surface area (Å²) in [5.41, 5.74) is 0.964. The monoisotopic (exact) mass is 341 g/mol. The zero-order valence-electron chi connectivity index (χ0n) is 15.2. The van der Waals surface area contributed by atoms with Crippen molar-refractivity contribution in [1.29, 1.82) is 0 Å². The fraction of sp³-hybridized carbons (Fsp3) is 0.500. The third kappa shape index (κ3) is 4.28. The molecule has 1 heterocycles. The zero-order valence-corrected chi connectivity index (χ0v) is 15.2. The predicted octanol–water partition coefficient (Wildman–Crippen LogP) is 4.08. The van der Waals surface area contributed by atoms with Crippen molar-refractivity contribution in [1.82, 2.24) is 10.5 Å². The highest BCUT2D eigenvalue weighted by Crippen LogP contribution is 2.31. The van der Waals surface area contributed by atoms with Crippen LogP contribution >= 0.6 is 0 Å². The number of hydrogen-bond acceptors (Lipinski definition) is 4. The Morgan fingerprint density at radius 3 is 2.68 bits per heavy atom. The topological polar surface area (TPSA) is 67.2 Å². The smallest absolute Gasteiger partial charge is 0.247 e. The van der Waals surface area contributed by atoms with E-state index in [1.807, 2.05) is 30.3 Å². The Hall–Kier alpha value is -2.14. The molecule has 5 nitrogen and oxygen atoms in total. The lowest BCUT2D eigenvalue weighted by atomic mass is 9.77. The molecule has 0 aliphatic heterocycles. The molecule has 1 aliphatic rings. The van der Waals surface area contributed by atoms with Gasteiger partial charge < -0.3 is 9.84 Å². The van der Waals surface area contributed by atoms with E-state index < -0.39 is 6.04 Å². The molecule has 1 aliphatic carbocycles. The van der Waals surface area contributed by atoms with E-state index in [1.165, 1.54) is 12.8 Å². The summed E-state index contributed by atoms with van der Waals surface area (Å²) in [5, 5.41) is 10.4. The van der Waals surface area contributed by atoms with Gasteiger partial charge in [-0.05, 0) is 30.7 Å². The second-order valence-electron chi connectivity index (χ2n) is 7.20. The molecule has 0 spiro atoms. The van der Waals surface area contributed by atoms with Crippen LogP contribution in [0.4, 0.5) is 5.82 Å². The molecule has 1 aromatic carbocycles. The van der Waals surface area contributed by atoms with Crippen LogP contribution in [0.25, 0.3) is 0 Å². The van der Waals surface area contributed by atoms with Gasteiger partial charge in [0, 0.05) is 12.1 Å². The second-order valence-corrected chi connectivity index (χ2v) is 7.20. The second kappa shape index (κ2) is 7.83. The first-order valence-corrected chi connectivity index (χ1v) is 9.10. The Morgan fingerprint density at radius 2 is 2.00 bits per heavy atom. The molecule has 134 valence electrons. The van der Waals surface area contributed by atoms with Gasteiger partial charge in [0.05, 0.1) is 0 Å². The van der Waals surface area contributed by atoms with E-state index in [0.29, 0.717) is 29.5 Å². The first-order chi connectivity index (χ1) is 12.0. The molecule has 4 atom stereocenters. The molecule has 0 radical (unpaired) electrons. The maximum Gasteiger partial charge on any atom is 0.247 e. The van der Waals surface area contributed by atoms with Gasteiger partial charge in [0.25, 0.3) is 0 Å². The van der Waals surface area contributed by atoms with Gasteiger partial charge in [-0.15, -0.1) is 0 Å². The highest BCUT2D eigenvalue weighted by atomic mass is 16.5. The lowest BCUT2D eigenvalue weighted by Crippen LogP contribution is -2.45. The fourth-order valence-corrected chi connectivity index (χ4v) is 3.62. The van der Waals surface area contributed by atoms with Crippen molar-refractivity contribution in [2.45, 2.75) is 52.1 Å². The van der Waals surface area contributed by atoms with Crippen LogP contribution in [-0.2, 0) is 4.79 Å². The molecular formula is C20H27N3O2. The van der Waals surface area contributed by atoms with Crippen LogP contribution in [0.5, 0.6) is 0 Å². The third-order valence-electron chi connectivity index (χ3n) is 5.36. The number of aryl methyl sites for hydroxylation is 1. The lowest BCUT2D eigenvalue weighted by Gasteiger charge is -2.37. The number of carbonyl (C=O) groups excluding carboxylic acids is 1. The summed E-state index contributed by atoms with van der Waals surface area (Å²) in [5.74, 6) is 2.24. The van der Waals surface area contributed by atoms with E-state index in [1.54, 1.807) is 13.0 Å². The number of aromatic nitrogens is 1. The van der Waals surface area contributed by atoms with Crippen molar-refractivity contribution >= 4 is 11.7 Å². The standard InChI is InChI=1S/C20H27N3O2/c1-13-8-7-11-17(15(13)3)21-19(16-9-5-4-6-10-16)20(24)22-18-12-14(2)25-23-18/h4-6,9-10,12-13,15,17,19,21H,7-8,11H2,1-3H3,(H,22,23,24)/t13-,15+,17-,19-/m1/s1. The number of hydrogen-bond donors (Lipinski definition) is 2. The number of rotatable bonds is 5. The molecule has 1 fully saturated rings. The minimum absolute atomic E-state index is 0.107. The van der Waals surface area contributed by atoms with Crippen LogP contribution in [0, 0.1) is 18.8 Å². The maximum atomic E-state index is 12.9. The van der Waals surface area contributed by atoms with Crippen molar-refractivity contribution in [3.05, 3.63) is 47.7 Å². The van der Waals surface area contributed by atoms with E-state index in [0.717, 1.165) is 12.0 Å².